The summed E-state index contributed by atoms with van der Waals surface area (Å²) in [5.74, 6) is 0.901. The monoisotopic (exact) mass is 275 g/mol. The minimum absolute atomic E-state index is 0.00290. The van der Waals surface area contributed by atoms with Gasteiger partial charge in [-0.3, -0.25) is 0 Å². The van der Waals surface area contributed by atoms with Crippen molar-refractivity contribution in [1.29, 1.82) is 0 Å². The van der Waals surface area contributed by atoms with Gasteiger partial charge < -0.3 is 15.2 Å². The van der Waals surface area contributed by atoms with E-state index in [1.165, 1.54) is 32.1 Å². The Bertz CT molecular complexity index is 452. The quantitative estimate of drug-likeness (QED) is 0.913. The molecule has 0 amide bonds. The van der Waals surface area contributed by atoms with Crippen molar-refractivity contribution in [3.05, 3.63) is 29.8 Å². The summed E-state index contributed by atoms with van der Waals surface area (Å²) >= 11 is 0. The average Bonchev–Trinajstić information content (AvgIpc) is 3.07. The third-order valence-electron chi connectivity index (χ3n) is 4.69. The Morgan fingerprint density at radius 2 is 2.05 bits per heavy atom. The Balaban J connectivity index is 1.58. The fourth-order valence-electron chi connectivity index (χ4n) is 3.57. The van der Waals surface area contributed by atoms with Crippen LogP contribution in [-0.4, -0.2) is 18.3 Å². The normalized spacial score (nSPS) is 26.0. The van der Waals surface area contributed by atoms with Crippen LogP contribution < -0.4 is 10.5 Å². The molecule has 1 saturated carbocycles. The van der Waals surface area contributed by atoms with Crippen LogP contribution in [0, 0.1) is 0 Å². The van der Waals surface area contributed by atoms with Crippen molar-refractivity contribution in [2.45, 2.75) is 63.2 Å². The third-order valence-corrected chi connectivity index (χ3v) is 4.69. The van der Waals surface area contributed by atoms with E-state index < -0.39 is 0 Å². The van der Waals surface area contributed by atoms with Crippen molar-refractivity contribution in [2.75, 3.05) is 6.61 Å². The van der Waals surface area contributed by atoms with Gasteiger partial charge in [-0.25, -0.2) is 0 Å². The van der Waals surface area contributed by atoms with Gasteiger partial charge in [0.2, 0.25) is 0 Å². The molecule has 110 valence electrons. The summed E-state index contributed by atoms with van der Waals surface area (Å²) in [5.41, 5.74) is 7.24. The first-order valence-electron chi connectivity index (χ1n) is 7.84. The molecule has 1 aliphatic carbocycles. The van der Waals surface area contributed by atoms with Crippen molar-refractivity contribution >= 4 is 0 Å². The van der Waals surface area contributed by atoms with Crippen LogP contribution in [0.5, 0.6) is 5.75 Å². The molecule has 1 spiro atoms. The van der Waals surface area contributed by atoms with Crippen molar-refractivity contribution < 1.29 is 9.47 Å². The van der Waals surface area contributed by atoms with E-state index in [9.17, 15) is 0 Å². The number of hydrogen-bond acceptors (Lipinski definition) is 3. The van der Waals surface area contributed by atoms with Crippen LogP contribution in [0.15, 0.2) is 24.3 Å². The molecule has 20 heavy (non-hydrogen) atoms. The maximum atomic E-state index is 6.28. The number of rotatable bonds is 4. The zero-order valence-corrected chi connectivity index (χ0v) is 12.3. The highest BCUT2D eigenvalue weighted by molar-refractivity contribution is 5.35. The summed E-state index contributed by atoms with van der Waals surface area (Å²) in [5, 5.41) is 0. The van der Waals surface area contributed by atoms with E-state index in [0.717, 1.165) is 17.7 Å². The molecule has 2 N–H and O–H groups in total. The van der Waals surface area contributed by atoms with Crippen molar-refractivity contribution in [2.24, 2.45) is 5.73 Å². The molecule has 1 saturated heterocycles. The molecule has 2 atom stereocenters. The van der Waals surface area contributed by atoms with Gasteiger partial charge in [-0.05, 0) is 38.7 Å². The number of hydrogen-bond donors (Lipinski definition) is 1. The average molecular weight is 275 g/mol. The van der Waals surface area contributed by atoms with Crippen LogP contribution in [0.1, 0.15) is 57.1 Å². The standard InChI is InChI=1S/C17H25NO2/c1-13(18)15-6-2-3-7-16(15)19-12-14-8-11-17(20-14)9-4-5-10-17/h2-3,6-7,13-14H,4-5,8-12,18H2,1H3/t13-,14?/m1/s1. The molecule has 0 aromatic heterocycles. The maximum absolute atomic E-state index is 6.28. The van der Waals surface area contributed by atoms with E-state index in [1.54, 1.807) is 0 Å². The van der Waals surface area contributed by atoms with Gasteiger partial charge in [0.15, 0.2) is 0 Å². The molecule has 1 heterocycles. The Kier molecular flexibility index (Phi) is 3.99. The fourth-order valence-corrected chi connectivity index (χ4v) is 3.57. The van der Waals surface area contributed by atoms with E-state index in [4.69, 9.17) is 15.2 Å². The molecule has 0 radical (unpaired) electrons. The van der Waals surface area contributed by atoms with Crippen LogP contribution >= 0.6 is 0 Å². The van der Waals surface area contributed by atoms with E-state index >= 15 is 0 Å². The summed E-state index contributed by atoms with van der Waals surface area (Å²) in [7, 11) is 0. The van der Waals surface area contributed by atoms with Crippen LogP contribution in [0.4, 0.5) is 0 Å². The molecule has 3 heteroatoms. The minimum Gasteiger partial charge on any atom is -0.491 e. The van der Waals surface area contributed by atoms with Gasteiger partial charge in [0, 0.05) is 11.6 Å². The highest BCUT2D eigenvalue weighted by Crippen LogP contribution is 2.43. The van der Waals surface area contributed by atoms with E-state index in [-0.39, 0.29) is 17.7 Å². The molecule has 3 rings (SSSR count). The van der Waals surface area contributed by atoms with Crippen LogP contribution in [-0.2, 0) is 4.74 Å². The molecular weight excluding hydrogens is 250 g/mol. The highest BCUT2D eigenvalue weighted by atomic mass is 16.6. The first kappa shape index (κ1) is 13.9. The lowest BCUT2D eigenvalue weighted by molar-refractivity contribution is -0.0509. The van der Waals surface area contributed by atoms with Gasteiger partial charge >= 0.3 is 0 Å². The SMILES string of the molecule is C[C@@H](N)c1ccccc1OCC1CCC2(CCCC2)O1. The summed E-state index contributed by atoms with van der Waals surface area (Å²) in [6, 6.07) is 8.03. The van der Waals surface area contributed by atoms with Gasteiger partial charge in [0.25, 0.3) is 0 Å². The van der Waals surface area contributed by atoms with E-state index in [1.807, 2.05) is 31.2 Å². The van der Waals surface area contributed by atoms with E-state index in [2.05, 4.69) is 0 Å². The Morgan fingerprint density at radius 3 is 2.80 bits per heavy atom. The topological polar surface area (TPSA) is 44.5 Å². The van der Waals surface area contributed by atoms with Gasteiger partial charge in [-0.1, -0.05) is 31.0 Å². The second-order valence-corrected chi connectivity index (χ2v) is 6.31. The zero-order chi connectivity index (χ0) is 14.0. The summed E-state index contributed by atoms with van der Waals surface area (Å²) in [4.78, 5) is 0. The summed E-state index contributed by atoms with van der Waals surface area (Å²) in [6.45, 7) is 2.63. The largest absolute Gasteiger partial charge is 0.491 e. The van der Waals surface area contributed by atoms with Gasteiger partial charge in [0.05, 0.1) is 11.7 Å². The Labute approximate surface area is 121 Å². The number of benzene rings is 1. The van der Waals surface area contributed by atoms with Crippen LogP contribution in [0.3, 0.4) is 0 Å². The highest BCUT2D eigenvalue weighted by Gasteiger charge is 2.42. The summed E-state index contributed by atoms with van der Waals surface area (Å²) < 4.78 is 12.3. The van der Waals surface area contributed by atoms with Crippen molar-refractivity contribution in [3.8, 4) is 5.75 Å². The molecule has 1 aliphatic heterocycles. The van der Waals surface area contributed by atoms with Crippen molar-refractivity contribution in [1.82, 2.24) is 0 Å². The predicted molar refractivity (Wildman–Crippen MR) is 79.8 cm³/mol. The van der Waals surface area contributed by atoms with Gasteiger partial charge in [-0.15, -0.1) is 0 Å². The predicted octanol–water partition coefficient (Wildman–Crippen LogP) is 3.58. The lowest BCUT2D eigenvalue weighted by atomic mass is 9.98. The number of para-hydroxylation sites is 1. The first-order chi connectivity index (χ1) is 9.69. The van der Waals surface area contributed by atoms with Crippen molar-refractivity contribution in [3.63, 3.8) is 0 Å². The molecule has 0 bridgehead atoms. The second-order valence-electron chi connectivity index (χ2n) is 6.31. The van der Waals surface area contributed by atoms with Gasteiger partial charge in [0.1, 0.15) is 12.4 Å². The summed E-state index contributed by atoms with van der Waals surface area (Å²) in [6.07, 6.45) is 7.69. The fraction of sp³-hybridized carbons (Fsp3) is 0.647. The van der Waals surface area contributed by atoms with E-state index in [0.29, 0.717) is 6.61 Å². The Hall–Kier alpha value is -1.06. The number of ether oxygens (including phenoxy) is 2. The van der Waals surface area contributed by atoms with Crippen LogP contribution in [0.2, 0.25) is 0 Å². The second kappa shape index (κ2) is 5.74. The molecular formula is C17H25NO2. The lowest BCUT2D eigenvalue weighted by Gasteiger charge is -2.24. The first-order valence-corrected chi connectivity index (χ1v) is 7.84. The maximum Gasteiger partial charge on any atom is 0.124 e. The lowest BCUT2D eigenvalue weighted by Crippen LogP contribution is -2.27. The Morgan fingerprint density at radius 1 is 1.30 bits per heavy atom. The van der Waals surface area contributed by atoms with Crippen LogP contribution in [0.25, 0.3) is 0 Å². The molecule has 1 aromatic rings. The molecule has 1 aromatic carbocycles. The molecule has 3 nitrogen and oxygen atoms in total. The third kappa shape index (κ3) is 2.84. The smallest absolute Gasteiger partial charge is 0.124 e. The zero-order valence-electron chi connectivity index (χ0n) is 12.3. The molecule has 2 fully saturated rings. The minimum atomic E-state index is -0.00290. The molecule has 2 aliphatic rings. The molecule has 1 unspecified atom stereocenters. The van der Waals surface area contributed by atoms with Gasteiger partial charge in [-0.2, -0.15) is 0 Å². The number of nitrogens with two attached hydrogens (primary N) is 1.